The normalized spacial score (nSPS) is 10.3. The van der Waals surface area contributed by atoms with Gasteiger partial charge < -0.3 is 9.84 Å². The van der Waals surface area contributed by atoms with Gasteiger partial charge in [-0.1, -0.05) is 23.4 Å². The zero-order valence-corrected chi connectivity index (χ0v) is 10.1. The third-order valence-corrected chi connectivity index (χ3v) is 2.37. The van der Waals surface area contributed by atoms with E-state index in [2.05, 4.69) is 22.0 Å². The molecule has 98 valence electrons. The van der Waals surface area contributed by atoms with E-state index >= 15 is 0 Å². The van der Waals surface area contributed by atoms with Crippen LogP contribution in [0.1, 0.15) is 5.89 Å². The highest BCUT2D eigenvalue weighted by atomic mass is 16.6. The van der Waals surface area contributed by atoms with Crippen LogP contribution in [0.4, 0.5) is 5.69 Å². The third-order valence-electron chi connectivity index (χ3n) is 2.37. The Morgan fingerprint density at radius 3 is 3.00 bits per heavy atom. The topological polar surface area (TPSA) is 94.1 Å². The molecule has 0 amide bonds. The van der Waals surface area contributed by atoms with E-state index in [1.54, 1.807) is 24.3 Å². The standard InChI is InChI=1S/C12H12N4O3/c1-2-7-13-8-11-14-12(15-19-11)9-5-3-4-6-10(9)16(17)18/h2-6,13H,1,7-8H2. The van der Waals surface area contributed by atoms with Crippen LogP contribution in [-0.4, -0.2) is 21.6 Å². The Balaban J connectivity index is 2.23. The molecule has 0 atom stereocenters. The monoisotopic (exact) mass is 260 g/mol. The maximum absolute atomic E-state index is 10.9. The Morgan fingerprint density at radius 1 is 1.47 bits per heavy atom. The maximum Gasteiger partial charge on any atom is 0.280 e. The van der Waals surface area contributed by atoms with Crippen molar-refractivity contribution in [2.75, 3.05) is 6.54 Å². The van der Waals surface area contributed by atoms with E-state index in [0.717, 1.165) is 0 Å². The number of nitro groups is 1. The first-order valence-corrected chi connectivity index (χ1v) is 5.60. The van der Waals surface area contributed by atoms with Crippen LogP contribution in [0.25, 0.3) is 11.4 Å². The fourth-order valence-corrected chi connectivity index (χ4v) is 1.54. The summed E-state index contributed by atoms with van der Waals surface area (Å²) in [6, 6.07) is 6.27. The molecule has 0 aliphatic carbocycles. The number of aromatic nitrogens is 2. The van der Waals surface area contributed by atoms with Crippen molar-refractivity contribution >= 4 is 5.69 Å². The molecule has 0 unspecified atom stereocenters. The summed E-state index contributed by atoms with van der Waals surface area (Å²) in [6.07, 6.45) is 1.71. The number of hydrogen-bond donors (Lipinski definition) is 1. The van der Waals surface area contributed by atoms with Crippen LogP contribution in [-0.2, 0) is 6.54 Å². The lowest BCUT2D eigenvalue weighted by Crippen LogP contribution is -2.12. The summed E-state index contributed by atoms with van der Waals surface area (Å²) in [7, 11) is 0. The summed E-state index contributed by atoms with van der Waals surface area (Å²) in [5.41, 5.74) is 0.292. The predicted octanol–water partition coefficient (Wildman–Crippen LogP) is 1.92. The van der Waals surface area contributed by atoms with Gasteiger partial charge in [0.2, 0.25) is 11.7 Å². The van der Waals surface area contributed by atoms with Crippen LogP contribution in [0.3, 0.4) is 0 Å². The van der Waals surface area contributed by atoms with Crippen molar-refractivity contribution in [3.05, 3.63) is 52.9 Å². The van der Waals surface area contributed by atoms with Crippen molar-refractivity contribution in [1.29, 1.82) is 0 Å². The molecule has 0 radical (unpaired) electrons. The molecule has 1 heterocycles. The van der Waals surface area contributed by atoms with Gasteiger partial charge in [-0.3, -0.25) is 10.1 Å². The molecule has 1 N–H and O–H groups in total. The predicted molar refractivity (Wildman–Crippen MR) is 68.3 cm³/mol. The van der Waals surface area contributed by atoms with E-state index in [-0.39, 0.29) is 11.5 Å². The summed E-state index contributed by atoms with van der Waals surface area (Å²) in [6.45, 7) is 4.57. The fraction of sp³-hybridized carbons (Fsp3) is 0.167. The second-order valence-electron chi connectivity index (χ2n) is 3.71. The molecule has 7 nitrogen and oxygen atoms in total. The summed E-state index contributed by atoms with van der Waals surface area (Å²) < 4.78 is 5.02. The Labute approximate surface area is 109 Å². The molecular weight excluding hydrogens is 248 g/mol. The lowest BCUT2D eigenvalue weighted by molar-refractivity contribution is -0.384. The Hall–Kier alpha value is -2.54. The number of benzene rings is 1. The molecule has 0 saturated carbocycles. The largest absolute Gasteiger partial charge is 0.338 e. The number of para-hydroxylation sites is 1. The first-order chi connectivity index (χ1) is 9.22. The zero-order chi connectivity index (χ0) is 13.7. The highest BCUT2D eigenvalue weighted by molar-refractivity contribution is 5.67. The van der Waals surface area contributed by atoms with Gasteiger partial charge in [0.25, 0.3) is 5.69 Å². The SMILES string of the molecule is C=CCNCc1nc(-c2ccccc2[N+](=O)[O-])no1. The van der Waals surface area contributed by atoms with E-state index in [1.165, 1.54) is 6.07 Å². The smallest absolute Gasteiger partial charge is 0.280 e. The number of rotatable bonds is 6. The molecule has 0 spiro atoms. The van der Waals surface area contributed by atoms with Crippen LogP contribution in [0.15, 0.2) is 41.4 Å². The van der Waals surface area contributed by atoms with Gasteiger partial charge in [-0.25, -0.2) is 0 Å². The van der Waals surface area contributed by atoms with Gasteiger partial charge in [0.15, 0.2) is 0 Å². The number of nitrogens with zero attached hydrogens (tertiary/aromatic N) is 3. The molecular formula is C12H12N4O3. The average molecular weight is 260 g/mol. The summed E-state index contributed by atoms with van der Waals surface area (Å²) in [5, 5.41) is 17.7. The van der Waals surface area contributed by atoms with E-state index in [9.17, 15) is 10.1 Å². The Bertz CT molecular complexity index is 594. The van der Waals surface area contributed by atoms with E-state index in [0.29, 0.717) is 24.5 Å². The molecule has 2 aromatic rings. The van der Waals surface area contributed by atoms with Crippen LogP contribution >= 0.6 is 0 Å². The molecule has 0 aliphatic heterocycles. The molecule has 1 aromatic heterocycles. The van der Waals surface area contributed by atoms with Gasteiger partial charge in [0.1, 0.15) is 5.56 Å². The van der Waals surface area contributed by atoms with Crippen molar-refractivity contribution < 1.29 is 9.45 Å². The molecule has 0 fully saturated rings. The van der Waals surface area contributed by atoms with Crippen molar-refractivity contribution in [2.45, 2.75) is 6.54 Å². The summed E-state index contributed by atoms with van der Waals surface area (Å²) >= 11 is 0. The second-order valence-corrected chi connectivity index (χ2v) is 3.71. The molecule has 1 aromatic carbocycles. The van der Waals surface area contributed by atoms with Crippen LogP contribution < -0.4 is 5.32 Å². The minimum atomic E-state index is -0.471. The van der Waals surface area contributed by atoms with Crippen LogP contribution in [0.5, 0.6) is 0 Å². The molecule has 0 aliphatic rings. The number of nitro benzene ring substituents is 1. The van der Waals surface area contributed by atoms with Crippen molar-refractivity contribution in [2.24, 2.45) is 0 Å². The zero-order valence-electron chi connectivity index (χ0n) is 10.1. The van der Waals surface area contributed by atoms with Crippen molar-refractivity contribution in [1.82, 2.24) is 15.5 Å². The summed E-state index contributed by atoms with van der Waals surface area (Å²) in [5.74, 6) is 0.581. The van der Waals surface area contributed by atoms with E-state index in [1.807, 2.05) is 0 Å². The molecule has 0 bridgehead atoms. The molecule has 0 saturated heterocycles. The van der Waals surface area contributed by atoms with Gasteiger partial charge in [-0.2, -0.15) is 4.98 Å². The van der Waals surface area contributed by atoms with E-state index < -0.39 is 4.92 Å². The second kappa shape index (κ2) is 5.87. The fourth-order valence-electron chi connectivity index (χ4n) is 1.54. The molecule has 2 rings (SSSR count). The minimum absolute atomic E-state index is 0.0473. The highest BCUT2D eigenvalue weighted by Gasteiger charge is 2.18. The Kier molecular flexibility index (Phi) is 3.99. The van der Waals surface area contributed by atoms with Gasteiger partial charge in [0.05, 0.1) is 11.5 Å². The quantitative estimate of drug-likeness (QED) is 0.369. The highest BCUT2D eigenvalue weighted by Crippen LogP contribution is 2.26. The van der Waals surface area contributed by atoms with Gasteiger partial charge in [-0.05, 0) is 6.07 Å². The summed E-state index contributed by atoms with van der Waals surface area (Å²) in [4.78, 5) is 14.6. The first-order valence-electron chi connectivity index (χ1n) is 5.60. The van der Waals surface area contributed by atoms with Crippen LogP contribution in [0.2, 0.25) is 0 Å². The van der Waals surface area contributed by atoms with Crippen LogP contribution in [0, 0.1) is 10.1 Å². The maximum atomic E-state index is 10.9. The van der Waals surface area contributed by atoms with Crippen molar-refractivity contribution in [3.63, 3.8) is 0 Å². The number of hydrogen-bond acceptors (Lipinski definition) is 6. The van der Waals surface area contributed by atoms with Gasteiger partial charge >= 0.3 is 0 Å². The minimum Gasteiger partial charge on any atom is -0.338 e. The molecule has 7 heteroatoms. The van der Waals surface area contributed by atoms with Crippen molar-refractivity contribution in [3.8, 4) is 11.4 Å². The van der Waals surface area contributed by atoms with Gasteiger partial charge in [0, 0.05) is 12.6 Å². The lowest BCUT2D eigenvalue weighted by atomic mass is 10.2. The molecule has 19 heavy (non-hydrogen) atoms. The lowest BCUT2D eigenvalue weighted by Gasteiger charge is -1.96. The number of nitrogens with one attached hydrogen (secondary N) is 1. The Morgan fingerprint density at radius 2 is 2.26 bits per heavy atom. The van der Waals surface area contributed by atoms with E-state index in [4.69, 9.17) is 4.52 Å². The first kappa shape index (κ1) is 12.9. The third kappa shape index (κ3) is 3.02. The van der Waals surface area contributed by atoms with Gasteiger partial charge in [-0.15, -0.1) is 6.58 Å². The average Bonchev–Trinajstić information content (AvgIpc) is 2.88.